The minimum absolute atomic E-state index is 0.0119. The van der Waals surface area contributed by atoms with Crippen LogP contribution in [0, 0.1) is 0 Å². The molecule has 19 heavy (non-hydrogen) atoms. The fraction of sp³-hybridized carbons (Fsp3) is 0.933. The molecular weight excluding hydrogens is 238 g/mol. The van der Waals surface area contributed by atoms with Gasteiger partial charge in [-0.3, -0.25) is 4.79 Å². The number of carbonyl (C=O) groups is 1. The Hall–Kier alpha value is -0.610. The first-order valence-corrected chi connectivity index (χ1v) is 7.99. The molecule has 1 aliphatic rings. The Morgan fingerprint density at radius 1 is 1.21 bits per heavy atom. The summed E-state index contributed by atoms with van der Waals surface area (Å²) in [5, 5.41) is 2.93. The Labute approximate surface area is 118 Å². The summed E-state index contributed by atoms with van der Waals surface area (Å²) in [4.78, 5) is 14.1. The van der Waals surface area contributed by atoms with Crippen LogP contribution in [-0.4, -0.2) is 43.0 Å². The first-order chi connectivity index (χ1) is 9.24. The number of nitrogens with zero attached hydrogens (tertiary/aromatic N) is 1. The molecule has 1 unspecified atom stereocenters. The number of nitrogens with one attached hydrogen (secondary N) is 1. The molecule has 1 amide bonds. The summed E-state index contributed by atoms with van der Waals surface area (Å²) in [6.45, 7) is 6.61. The molecule has 0 aliphatic carbocycles. The summed E-state index contributed by atoms with van der Waals surface area (Å²) in [6, 6.07) is -0.321. The lowest BCUT2D eigenvalue weighted by atomic mass is 10.1. The third-order valence-corrected chi connectivity index (χ3v) is 3.84. The molecule has 1 atom stereocenters. The van der Waals surface area contributed by atoms with Crippen LogP contribution in [-0.2, 0) is 4.79 Å². The van der Waals surface area contributed by atoms with Crippen LogP contribution in [0.1, 0.15) is 58.3 Å². The largest absolute Gasteiger partial charge is 0.355 e. The predicted molar refractivity (Wildman–Crippen MR) is 80.0 cm³/mol. The Kier molecular flexibility index (Phi) is 8.84. The van der Waals surface area contributed by atoms with E-state index in [2.05, 4.69) is 10.2 Å². The lowest BCUT2D eigenvalue weighted by Crippen LogP contribution is -2.40. The molecule has 4 nitrogen and oxygen atoms in total. The number of piperidine rings is 1. The van der Waals surface area contributed by atoms with E-state index in [1.807, 2.05) is 6.92 Å². The molecule has 1 heterocycles. The molecular formula is C15H31N3O. The van der Waals surface area contributed by atoms with Gasteiger partial charge >= 0.3 is 0 Å². The molecule has 0 bridgehead atoms. The summed E-state index contributed by atoms with van der Waals surface area (Å²) < 4.78 is 0. The maximum atomic E-state index is 11.6. The highest BCUT2D eigenvalue weighted by Gasteiger charge is 2.11. The van der Waals surface area contributed by atoms with E-state index in [4.69, 9.17) is 5.73 Å². The van der Waals surface area contributed by atoms with Crippen molar-refractivity contribution in [3.05, 3.63) is 0 Å². The SMILES string of the molecule is CCCC(N)C(=O)NCCCCCN1CCCCC1. The summed E-state index contributed by atoms with van der Waals surface area (Å²) >= 11 is 0. The van der Waals surface area contributed by atoms with Crippen LogP contribution in [0.4, 0.5) is 0 Å². The minimum Gasteiger partial charge on any atom is -0.355 e. The highest BCUT2D eigenvalue weighted by molar-refractivity contribution is 5.81. The van der Waals surface area contributed by atoms with Gasteiger partial charge in [-0.2, -0.15) is 0 Å². The minimum atomic E-state index is -0.321. The summed E-state index contributed by atoms with van der Waals surface area (Å²) in [7, 11) is 0. The van der Waals surface area contributed by atoms with Gasteiger partial charge < -0.3 is 16.0 Å². The van der Waals surface area contributed by atoms with Crippen molar-refractivity contribution in [2.75, 3.05) is 26.2 Å². The monoisotopic (exact) mass is 269 g/mol. The highest BCUT2D eigenvalue weighted by Crippen LogP contribution is 2.09. The molecule has 4 heteroatoms. The summed E-state index contributed by atoms with van der Waals surface area (Å²) in [5.74, 6) is 0.0119. The average molecular weight is 269 g/mol. The molecule has 1 aliphatic heterocycles. The van der Waals surface area contributed by atoms with Gasteiger partial charge in [0.05, 0.1) is 6.04 Å². The second kappa shape index (κ2) is 10.2. The second-order valence-electron chi connectivity index (χ2n) is 5.65. The van der Waals surface area contributed by atoms with E-state index in [1.165, 1.54) is 51.7 Å². The fourth-order valence-electron chi connectivity index (χ4n) is 2.60. The van der Waals surface area contributed by atoms with Crippen LogP contribution in [0.15, 0.2) is 0 Å². The van der Waals surface area contributed by atoms with Crippen molar-refractivity contribution < 1.29 is 4.79 Å². The molecule has 0 saturated carbocycles. The van der Waals surface area contributed by atoms with E-state index in [-0.39, 0.29) is 11.9 Å². The lowest BCUT2D eigenvalue weighted by molar-refractivity contribution is -0.122. The Balaban J connectivity index is 1.91. The van der Waals surface area contributed by atoms with E-state index in [9.17, 15) is 4.79 Å². The maximum absolute atomic E-state index is 11.6. The number of nitrogens with two attached hydrogens (primary N) is 1. The molecule has 0 aromatic heterocycles. The van der Waals surface area contributed by atoms with Gasteiger partial charge in [-0.05, 0) is 51.7 Å². The smallest absolute Gasteiger partial charge is 0.236 e. The number of likely N-dealkylation sites (tertiary alicyclic amines) is 1. The van der Waals surface area contributed by atoms with Crippen LogP contribution >= 0.6 is 0 Å². The molecule has 0 aromatic rings. The number of carbonyl (C=O) groups excluding carboxylic acids is 1. The second-order valence-corrected chi connectivity index (χ2v) is 5.65. The number of hydrogen-bond acceptors (Lipinski definition) is 3. The van der Waals surface area contributed by atoms with E-state index < -0.39 is 0 Å². The van der Waals surface area contributed by atoms with Gasteiger partial charge in [-0.1, -0.05) is 26.2 Å². The van der Waals surface area contributed by atoms with Gasteiger partial charge in [-0.15, -0.1) is 0 Å². The number of hydrogen-bond donors (Lipinski definition) is 2. The van der Waals surface area contributed by atoms with Crippen LogP contribution in [0.25, 0.3) is 0 Å². The van der Waals surface area contributed by atoms with Crippen molar-refractivity contribution in [3.8, 4) is 0 Å². The Morgan fingerprint density at radius 3 is 2.63 bits per heavy atom. The van der Waals surface area contributed by atoms with Crippen LogP contribution in [0.3, 0.4) is 0 Å². The van der Waals surface area contributed by atoms with Crippen molar-refractivity contribution in [1.29, 1.82) is 0 Å². The maximum Gasteiger partial charge on any atom is 0.236 e. The van der Waals surface area contributed by atoms with Crippen molar-refractivity contribution in [3.63, 3.8) is 0 Å². The van der Waals surface area contributed by atoms with Gasteiger partial charge in [0.2, 0.25) is 5.91 Å². The molecule has 1 fully saturated rings. The van der Waals surface area contributed by atoms with Gasteiger partial charge in [0, 0.05) is 6.54 Å². The van der Waals surface area contributed by atoms with Crippen LogP contribution in [0.5, 0.6) is 0 Å². The first-order valence-electron chi connectivity index (χ1n) is 7.99. The zero-order valence-electron chi connectivity index (χ0n) is 12.5. The lowest BCUT2D eigenvalue weighted by Gasteiger charge is -2.26. The van der Waals surface area contributed by atoms with Gasteiger partial charge in [0.25, 0.3) is 0 Å². The third-order valence-electron chi connectivity index (χ3n) is 3.84. The van der Waals surface area contributed by atoms with Gasteiger partial charge in [0.1, 0.15) is 0 Å². The van der Waals surface area contributed by atoms with Gasteiger partial charge in [-0.25, -0.2) is 0 Å². The molecule has 3 N–H and O–H groups in total. The molecule has 1 saturated heterocycles. The van der Waals surface area contributed by atoms with E-state index in [0.29, 0.717) is 0 Å². The molecule has 0 aromatic carbocycles. The van der Waals surface area contributed by atoms with E-state index in [0.717, 1.165) is 25.8 Å². The molecule has 1 rings (SSSR count). The van der Waals surface area contributed by atoms with Gasteiger partial charge in [0.15, 0.2) is 0 Å². The fourth-order valence-corrected chi connectivity index (χ4v) is 2.60. The first kappa shape index (κ1) is 16.4. The number of amides is 1. The topological polar surface area (TPSA) is 58.4 Å². The summed E-state index contributed by atoms with van der Waals surface area (Å²) in [6.07, 6.45) is 9.39. The van der Waals surface area contributed by atoms with Crippen LogP contribution in [0.2, 0.25) is 0 Å². The van der Waals surface area contributed by atoms with E-state index in [1.54, 1.807) is 0 Å². The van der Waals surface area contributed by atoms with E-state index >= 15 is 0 Å². The third kappa shape index (κ3) is 7.53. The quantitative estimate of drug-likeness (QED) is 0.628. The number of rotatable bonds is 9. The van der Waals surface area contributed by atoms with Crippen molar-refractivity contribution >= 4 is 5.91 Å². The number of unbranched alkanes of at least 4 members (excludes halogenated alkanes) is 2. The standard InChI is InChI=1S/C15H31N3O/c1-2-9-14(16)15(19)17-10-5-3-6-11-18-12-7-4-8-13-18/h14H,2-13,16H2,1H3,(H,17,19). The molecule has 0 spiro atoms. The highest BCUT2D eigenvalue weighted by atomic mass is 16.2. The zero-order chi connectivity index (χ0) is 13.9. The van der Waals surface area contributed by atoms with Crippen molar-refractivity contribution in [2.45, 2.75) is 64.3 Å². The molecule has 112 valence electrons. The Bertz CT molecular complexity index is 240. The normalized spacial score (nSPS) is 18.2. The van der Waals surface area contributed by atoms with Crippen LogP contribution < -0.4 is 11.1 Å². The predicted octanol–water partition coefficient (Wildman–Crippen LogP) is 1.89. The van der Waals surface area contributed by atoms with Crippen molar-refractivity contribution in [2.24, 2.45) is 5.73 Å². The zero-order valence-corrected chi connectivity index (χ0v) is 12.5. The Morgan fingerprint density at radius 2 is 1.95 bits per heavy atom. The molecule has 0 radical (unpaired) electrons. The average Bonchev–Trinajstić information content (AvgIpc) is 2.43. The summed E-state index contributed by atoms with van der Waals surface area (Å²) in [5.41, 5.74) is 5.75. The van der Waals surface area contributed by atoms with Crippen molar-refractivity contribution in [1.82, 2.24) is 10.2 Å².